The molecule has 0 aliphatic rings. The number of aromatic nitrogens is 2. The Morgan fingerprint density at radius 3 is 2.59 bits per heavy atom. The molecule has 0 radical (unpaired) electrons. The molecule has 1 aromatic carbocycles. The molecule has 0 fully saturated rings. The van der Waals surface area contributed by atoms with Crippen molar-refractivity contribution in [2.75, 3.05) is 7.05 Å². The molecular weight excluding hydrogens is 417 g/mol. The van der Waals surface area contributed by atoms with Crippen molar-refractivity contribution in [2.24, 2.45) is 4.99 Å². The molecule has 0 aliphatic carbocycles. The monoisotopic (exact) mass is 435 g/mol. The van der Waals surface area contributed by atoms with Gasteiger partial charge in [0.15, 0.2) is 11.8 Å². The van der Waals surface area contributed by atoms with E-state index in [4.69, 9.17) is 16.1 Å². The van der Waals surface area contributed by atoms with Gasteiger partial charge in [-0.25, -0.2) is 0 Å². The molecule has 0 spiro atoms. The molecule has 1 aromatic heterocycles. The Labute approximate surface area is 151 Å². The van der Waals surface area contributed by atoms with Gasteiger partial charge in [0.2, 0.25) is 5.89 Å². The molecule has 0 amide bonds. The molecule has 0 saturated heterocycles. The first kappa shape index (κ1) is 18.7. The number of hydrogen-bond acceptors (Lipinski definition) is 4. The molecular formula is C14H19ClIN5O. The molecule has 2 rings (SSSR count). The minimum absolute atomic E-state index is 0. The van der Waals surface area contributed by atoms with E-state index in [1.807, 2.05) is 24.3 Å². The zero-order valence-corrected chi connectivity index (χ0v) is 15.7. The second-order valence-electron chi connectivity index (χ2n) is 4.57. The van der Waals surface area contributed by atoms with Crippen LogP contribution in [-0.4, -0.2) is 23.1 Å². The van der Waals surface area contributed by atoms with Gasteiger partial charge in [0.1, 0.15) is 0 Å². The third-order valence-corrected chi connectivity index (χ3v) is 3.18. The van der Waals surface area contributed by atoms with Crippen LogP contribution < -0.4 is 10.6 Å². The largest absolute Gasteiger partial charge is 0.350 e. The van der Waals surface area contributed by atoms with Gasteiger partial charge in [-0.05, 0) is 24.6 Å². The normalized spacial score (nSPS) is 12.5. The maximum atomic E-state index is 5.89. The second kappa shape index (κ2) is 8.94. The van der Waals surface area contributed by atoms with Crippen LogP contribution in [-0.2, 0) is 6.54 Å². The van der Waals surface area contributed by atoms with Crippen molar-refractivity contribution in [3.8, 4) is 0 Å². The number of nitrogens with zero attached hydrogens (tertiary/aromatic N) is 3. The van der Waals surface area contributed by atoms with Crippen molar-refractivity contribution in [1.82, 2.24) is 20.8 Å². The van der Waals surface area contributed by atoms with E-state index in [9.17, 15) is 0 Å². The first-order chi connectivity index (χ1) is 10.1. The van der Waals surface area contributed by atoms with Crippen LogP contribution in [0.1, 0.15) is 30.2 Å². The first-order valence-electron chi connectivity index (χ1n) is 6.60. The zero-order valence-electron chi connectivity index (χ0n) is 12.6. The van der Waals surface area contributed by atoms with Crippen molar-refractivity contribution in [1.29, 1.82) is 0 Å². The van der Waals surface area contributed by atoms with Crippen LogP contribution in [0.5, 0.6) is 0 Å². The van der Waals surface area contributed by atoms with E-state index in [2.05, 4.69) is 32.7 Å². The van der Waals surface area contributed by atoms with Crippen LogP contribution >= 0.6 is 35.6 Å². The Balaban J connectivity index is 0.00000242. The molecule has 2 aromatic rings. The summed E-state index contributed by atoms with van der Waals surface area (Å²) in [4.78, 5) is 8.30. The van der Waals surface area contributed by atoms with Crippen molar-refractivity contribution < 1.29 is 4.52 Å². The molecule has 22 heavy (non-hydrogen) atoms. The number of hydrogen-bond donors (Lipinski definition) is 2. The smallest absolute Gasteiger partial charge is 0.223 e. The van der Waals surface area contributed by atoms with Crippen molar-refractivity contribution in [3.05, 3.63) is 46.6 Å². The van der Waals surface area contributed by atoms with Gasteiger partial charge in [-0.1, -0.05) is 28.9 Å². The summed E-state index contributed by atoms with van der Waals surface area (Å²) >= 11 is 5.89. The lowest BCUT2D eigenvalue weighted by Gasteiger charge is -2.17. The van der Waals surface area contributed by atoms with Gasteiger partial charge in [0.25, 0.3) is 0 Å². The maximum absolute atomic E-state index is 5.89. The third-order valence-electron chi connectivity index (χ3n) is 2.93. The zero-order chi connectivity index (χ0) is 15.2. The number of aryl methyl sites for hydroxylation is 1. The first-order valence-corrected chi connectivity index (χ1v) is 6.98. The Bertz CT molecular complexity index is 614. The fourth-order valence-electron chi connectivity index (χ4n) is 1.81. The van der Waals surface area contributed by atoms with Crippen LogP contribution in [0.3, 0.4) is 0 Å². The minimum Gasteiger partial charge on any atom is -0.350 e. The van der Waals surface area contributed by atoms with Gasteiger partial charge in [-0.15, -0.1) is 24.0 Å². The quantitative estimate of drug-likeness (QED) is 0.438. The van der Waals surface area contributed by atoms with Crippen molar-refractivity contribution in [2.45, 2.75) is 26.4 Å². The maximum Gasteiger partial charge on any atom is 0.223 e. The SMILES string of the molecule is CN=C(NCc1noc(C)n1)NC(C)c1ccc(Cl)cc1.I. The summed E-state index contributed by atoms with van der Waals surface area (Å²) < 4.78 is 4.92. The average Bonchev–Trinajstić information content (AvgIpc) is 2.89. The summed E-state index contributed by atoms with van der Waals surface area (Å²) in [6.07, 6.45) is 0. The summed E-state index contributed by atoms with van der Waals surface area (Å²) in [6, 6.07) is 7.80. The number of aliphatic imine (C=N–C) groups is 1. The fourth-order valence-corrected chi connectivity index (χ4v) is 1.94. The summed E-state index contributed by atoms with van der Waals surface area (Å²) in [5.74, 6) is 1.80. The molecule has 0 saturated carbocycles. The molecule has 1 unspecified atom stereocenters. The molecule has 120 valence electrons. The lowest BCUT2D eigenvalue weighted by molar-refractivity contribution is 0.386. The van der Waals surface area contributed by atoms with Gasteiger partial charge in [-0.2, -0.15) is 4.98 Å². The van der Waals surface area contributed by atoms with Gasteiger partial charge < -0.3 is 15.2 Å². The predicted molar refractivity (Wildman–Crippen MR) is 97.7 cm³/mol. The van der Waals surface area contributed by atoms with E-state index in [-0.39, 0.29) is 30.0 Å². The minimum atomic E-state index is 0. The van der Waals surface area contributed by atoms with Gasteiger partial charge in [-0.3, -0.25) is 4.99 Å². The fraction of sp³-hybridized carbons (Fsp3) is 0.357. The Hall–Kier alpha value is -1.35. The van der Waals surface area contributed by atoms with Gasteiger partial charge >= 0.3 is 0 Å². The van der Waals surface area contributed by atoms with Crippen molar-refractivity contribution in [3.63, 3.8) is 0 Å². The van der Waals surface area contributed by atoms with E-state index in [0.717, 1.165) is 10.6 Å². The lowest BCUT2D eigenvalue weighted by atomic mass is 10.1. The summed E-state index contributed by atoms with van der Waals surface area (Å²) in [5.41, 5.74) is 1.12. The topological polar surface area (TPSA) is 75.3 Å². The lowest BCUT2D eigenvalue weighted by Crippen LogP contribution is -2.38. The number of guanidine groups is 1. The van der Waals surface area contributed by atoms with Crippen LogP contribution in [0.25, 0.3) is 0 Å². The van der Waals surface area contributed by atoms with Crippen LogP contribution in [0, 0.1) is 6.92 Å². The Morgan fingerprint density at radius 2 is 2.05 bits per heavy atom. The molecule has 1 atom stereocenters. The Kier molecular flexibility index (Phi) is 7.60. The van der Waals surface area contributed by atoms with Crippen molar-refractivity contribution >= 4 is 41.5 Å². The van der Waals surface area contributed by atoms with Gasteiger partial charge in [0, 0.05) is 19.0 Å². The van der Waals surface area contributed by atoms with E-state index in [1.165, 1.54) is 0 Å². The number of halogens is 2. The van der Waals surface area contributed by atoms with Gasteiger partial charge in [0.05, 0.1) is 12.6 Å². The highest BCUT2D eigenvalue weighted by molar-refractivity contribution is 14.0. The molecule has 6 nitrogen and oxygen atoms in total. The van der Waals surface area contributed by atoms with E-state index < -0.39 is 0 Å². The predicted octanol–water partition coefficient (Wildman–Crippen LogP) is 3.08. The second-order valence-corrected chi connectivity index (χ2v) is 5.01. The Morgan fingerprint density at radius 1 is 1.36 bits per heavy atom. The molecule has 2 N–H and O–H groups in total. The summed E-state index contributed by atoms with van der Waals surface area (Å²) in [7, 11) is 1.71. The summed E-state index contributed by atoms with van der Waals surface area (Å²) in [5, 5.41) is 11.0. The standard InChI is InChI=1S/C14H18ClN5O.HI/c1-9(11-4-6-12(15)7-5-11)18-14(16-3)17-8-13-19-10(2)21-20-13;/h4-7,9H,8H2,1-3H3,(H2,16,17,18);1H. The van der Waals surface area contributed by atoms with E-state index in [1.54, 1.807) is 14.0 Å². The third kappa shape index (κ3) is 5.45. The average molecular weight is 436 g/mol. The highest BCUT2D eigenvalue weighted by Gasteiger charge is 2.09. The molecule has 1 heterocycles. The number of rotatable bonds is 4. The number of nitrogens with one attached hydrogen (secondary N) is 2. The molecule has 0 aliphatic heterocycles. The van der Waals surface area contributed by atoms with Crippen LogP contribution in [0.2, 0.25) is 5.02 Å². The highest BCUT2D eigenvalue weighted by Crippen LogP contribution is 2.15. The summed E-state index contributed by atoms with van der Waals surface area (Å²) in [6.45, 7) is 4.26. The highest BCUT2D eigenvalue weighted by atomic mass is 127. The van der Waals surface area contributed by atoms with Crippen LogP contribution in [0.15, 0.2) is 33.8 Å². The molecule has 0 bridgehead atoms. The molecule has 8 heteroatoms. The van der Waals surface area contributed by atoms with E-state index >= 15 is 0 Å². The van der Waals surface area contributed by atoms with Crippen LogP contribution in [0.4, 0.5) is 0 Å². The number of benzene rings is 1. The van der Waals surface area contributed by atoms with E-state index in [0.29, 0.717) is 24.2 Å².